The Bertz CT molecular complexity index is 420. The number of nitrogens with zero attached hydrogens (tertiary/aromatic N) is 3. The molecule has 7 heteroatoms. The van der Waals surface area contributed by atoms with Crippen LogP contribution in [0, 0.1) is 5.92 Å². The van der Waals surface area contributed by atoms with Crippen molar-refractivity contribution in [2.45, 2.75) is 25.7 Å². The fraction of sp³-hybridized carbons (Fsp3) is 0.786. The Kier molecular flexibility index (Phi) is 5.03. The van der Waals surface area contributed by atoms with Crippen LogP contribution in [0.5, 0.6) is 0 Å². The molecule has 0 aromatic rings. The number of likely N-dealkylation sites (tertiary alicyclic amines) is 2. The van der Waals surface area contributed by atoms with Gasteiger partial charge in [0.15, 0.2) is 0 Å². The van der Waals surface area contributed by atoms with Gasteiger partial charge in [0.25, 0.3) is 0 Å². The quantitative estimate of drug-likeness (QED) is 0.817. The SMILES string of the molecule is CN(CC(=O)N1CCCC1)C(=O)N1CCC(CC(=O)O)C1. The third-order valence-corrected chi connectivity index (χ3v) is 4.18. The maximum absolute atomic E-state index is 12.3. The van der Waals surface area contributed by atoms with Crippen LogP contribution in [-0.4, -0.2) is 77.5 Å². The van der Waals surface area contributed by atoms with Crippen molar-refractivity contribution in [3.05, 3.63) is 0 Å². The molecular weight excluding hydrogens is 274 g/mol. The number of aliphatic carboxylic acids is 1. The van der Waals surface area contributed by atoms with Crippen molar-refractivity contribution in [2.75, 3.05) is 39.8 Å². The number of carboxylic acid groups (broad SMARTS) is 1. The van der Waals surface area contributed by atoms with Crippen LogP contribution in [0.2, 0.25) is 0 Å². The summed E-state index contributed by atoms with van der Waals surface area (Å²) in [6.45, 7) is 2.70. The van der Waals surface area contributed by atoms with Gasteiger partial charge in [-0.2, -0.15) is 0 Å². The standard InChI is InChI=1S/C14H23N3O4/c1-15(10-12(18)16-5-2-3-6-16)14(21)17-7-4-11(9-17)8-13(19)20/h11H,2-10H2,1H3,(H,19,20). The molecule has 1 atom stereocenters. The van der Waals surface area contributed by atoms with E-state index in [1.165, 1.54) is 4.90 Å². The van der Waals surface area contributed by atoms with E-state index in [1.807, 2.05) is 0 Å². The second-order valence-corrected chi connectivity index (χ2v) is 5.93. The van der Waals surface area contributed by atoms with E-state index in [4.69, 9.17) is 5.11 Å². The molecule has 0 saturated carbocycles. The number of hydrogen-bond acceptors (Lipinski definition) is 3. The molecule has 0 aliphatic carbocycles. The molecule has 21 heavy (non-hydrogen) atoms. The van der Waals surface area contributed by atoms with Gasteiger partial charge in [-0.1, -0.05) is 0 Å². The van der Waals surface area contributed by atoms with Gasteiger partial charge in [0.2, 0.25) is 5.91 Å². The normalized spacial score (nSPS) is 21.7. The molecule has 7 nitrogen and oxygen atoms in total. The molecule has 1 unspecified atom stereocenters. The highest BCUT2D eigenvalue weighted by Gasteiger charge is 2.30. The molecule has 0 aromatic carbocycles. The lowest BCUT2D eigenvalue weighted by atomic mass is 10.1. The number of urea groups is 1. The number of amides is 3. The van der Waals surface area contributed by atoms with Crippen molar-refractivity contribution in [3.63, 3.8) is 0 Å². The lowest BCUT2D eigenvalue weighted by Gasteiger charge is -2.26. The molecule has 118 valence electrons. The van der Waals surface area contributed by atoms with Crippen LogP contribution >= 0.6 is 0 Å². The first-order chi connectivity index (χ1) is 9.97. The molecule has 0 aromatic heterocycles. The zero-order valence-corrected chi connectivity index (χ0v) is 12.5. The van der Waals surface area contributed by atoms with Crippen molar-refractivity contribution < 1.29 is 19.5 Å². The molecule has 2 rings (SSSR count). The van der Waals surface area contributed by atoms with Crippen LogP contribution in [0.15, 0.2) is 0 Å². The number of carbonyl (C=O) groups is 3. The molecule has 2 saturated heterocycles. The van der Waals surface area contributed by atoms with Crippen molar-refractivity contribution in [1.82, 2.24) is 14.7 Å². The molecule has 2 aliphatic heterocycles. The third kappa shape index (κ3) is 4.09. The van der Waals surface area contributed by atoms with Gasteiger partial charge in [0.1, 0.15) is 6.54 Å². The number of carboxylic acids is 1. The lowest BCUT2D eigenvalue weighted by Crippen LogP contribution is -2.45. The summed E-state index contributed by atoms with van der Waals surface area (Å²) >= 11 is 0. The largest absolute Gasteiger partial charge is 0.481 e. The van der Waals surface area contributed by atoms with Gasteiger partial charge in [-0.25, -0.2) is 4.79 Å². The minimum absolute atomic E-state index is 0.00960. The zero-order chi connectivity index (χ0) is 15.4. The first kappa shape index (κ1) is 15.6. The van der Waals surface area contributed by atoms with Gasteiger partial charge >= 0.3 is 12.0 Å². The minimum atomic E-state index is -0.827. The molecule has 0 radical (unpaired) electrons. The Morgan fingerprint density at radius 1 is 1.14 bits per heavy atom. The molecule has 2 heterocycles. The van der Waals surface area contributed by atoms with Gasteiger partial charge in [0.05, 0.1) is 0 Å². The summed E-state index contributed by atoms with van der Waals surface area (Å²) in [6, 6.07) is -0.185. The van der Waals surface area contributed by atoms with E-state index in [9.17, 15) is 14.4 Å². The Balaban J connectivity index is 1.79. The van der Waals surface area contributed by atoms with E-state index in [1.54, 1.807) is 16.8 Å². The number of carbonyl (C=O) groups excluding carboxylic acids is 2. The van der Waals surface area contributed by atoms with E-state index < -0.39 is 5.97 Å². The fourth-order valence-corrected chi connectivity index (χ4v) is 3.00. The molecular formula is C14H23N3O4. The molecule has 2 aliphatic rings. The van der Waals surface area contributed by atoms with E-state index in [2.05, 4.69) is 0 Å². The van der Waals surface area contributed by atoms with Gasteiger partial charge in [-0.05, 0) is 25.2 Å². The van der Waals surface area contributed by atoms with E-state index in [0.717, 1.165) is 25.9 Å². The minimum Gasteiger partial charge on any atom is -0.481 e. The molecule has 0 bridgehead atoms. The number of rotatable bonds is 4. The summed E-state index contributed by atoms with van der Waals surface area (Å²) in [5, 5.41) is 8.78. The summed E-state index contributed by atoms with van der Waals surface area (Å²) in [6.07, 6.45) is 2.88. The summed E-state index contributed by atoms with van der Waals surface area (Å²) in [5.74, 6) is -0.814. The van der Waals surface area contributed by atoms with Crippen LogP contribution in [-0.2, 0) is 9.59 Å². The van der Waals surface area contributed by atoms with Crippen LogP contribution in [0.4, 0.5) is 4.79 Å². The number of likely N-dealkylation sites (N-methyl/N-ethyl adjacent to an activating group) is 1. The second-order valence-electron chi connectivity index (χ2n) is 5.93. The Hall–Kier alpha value is -1.79. The van der Waals surface area contributed by atoms with Crippen molar-refractivity contribution in [3.8, 4) is 0 Å². The maximum atomic E-state index is 12.3. The lowest BCUT2D eigenvalue weighted by molar-refractivity contribution is -0.138. The van der Waals surface area contributed by atoms with Crippen LogP contribution in [0.25, 0.3) is 0 Å². The average Bonchev–Trinajstić information content (AvgIpc) is 3.07. The monoisotopic (exact) mass is 297 g/mol. The van der Waals surface area contributed by atoms with Gasteiger partial charge in [0, 0.05) is 39.6 Å². The summed E-state index contributed by atoms with van der Waals surface area (Å²) in [7, 11) is 1.63. The summed E-state index contributed by atoms with van der Waals surface area (Å²) in [5.41, 5.74) is 0. The topological polar surface area (TPSA) is 81.2 Å². The summed E-state index contributed by atoms with van der Waals surface area (Å²) < 4.78 is 0. The van der Waals surface area contributed by atoms with Crippen molar-refractivity contribution >= 4 is 17.9 Å². The van der Waals surface area contributed by atoms with Gasteiger partial charge < -0.3 is 19.8 Å². The van der Waals surface area contributed by atoms with Gasteiger partial charge in [-0.3, -0.25) is 9.59 Å². The molecule has 3 amide bonds. The highest BCUT2D eigenvalue weighted by molar-refractivity contribution is 5.84. The highest BCUT2D eigenvalue weighted by atomic mass is 16.4. The molecule has 0 spiro atoms. The molecule has 2 fully saturated rings. The smallest absolute Gasteiger partial charge is 0.320 e. The predicted octanol–water partition coefficient (Wildman–Crippen LogP) is 0.457. The van der Waals surface area contributed by atoms with Crippen molar-refractivity contribution in [1.29, 1.82) is 0 Å². The first-order valence-corrected chi connectivity index (χ1v) is 7.47. The van der Waals surface area contributed by atoms with Crippen LogP contribution in [0.1, 0.15) is 25.7 Å². The van der Waals surface area contributed by atoms with Crippen LogP contribution in [0.3, 0.4) is 0 Å². The Morgan fingerprint density at radius 2 is 1.81 bits per heavy atom. The highest BCUT2D eigenvalue weighted by Crippen LogP contribution is 2.20. The van der Waals surface area contributed by atoms with Crippen molar-refractivity contribution in [2.24, 2.45) is 5.92 Å². The first-order valence-electron chi connectivity index (χ1n) is 7.47. The van der Waals surface area contributed by atoms with E-state index >= 15 is 0 Å². The average molecular weight is 297 g/mol. The van der Waals surface area contributed by atoms with Crippen LogP contribution < -0.4 is 0 Å². The maximum Gasteiger partial charge on any atom is 0.320 e. The Morgan fingerprint density at radius 3 is 2.43 bits per heavy atom. The van der Waals surface area contributed by atoms with Gasteiger partial charge in [-0.15, -0.1) is 0 Å². The number of hydrogen-bond donors (Lipinski definition) is 1. The zero-order valence-electron chi connectivity index (χ0n) is 12.5. The summed E-state index contributed by atoms with van der Waals surface area (Å²) in [4.78, 5) is 39.8. The fourth-order valence-electron chi connectivity index (χ4n) is 3.00. The third-order valence-electron chi connectivity index (χ3n) is 4.18. The van der Waals surface area contributed by atoms with E-state index in [0.29, 0.717) is 19.5 Å². The predicted molar refractivity (Wildman–Crippen MR) is 75.8 cm³/mol. The molecule has 1 N–H and O–H groups in total. The Labute approximate surface area is 124 Å². The second kappa shape index (κ2) is 6.78. The van der Waals surface area contributed by atoms with E-state index in [-0.39, 0.29) is 30.8 Å².